The summed E-state index contributed by atoms with van der Waals surface area (Å²) < 4.78 is 22.8. The summed E-state index contributed by atoms with van der Waals surface area (Å²) in [5.74, 6) is 1.05. The highest BCUT2D eigenvalue weighted by atomic mass is 32.2. The van der Waals surface area contributed by atoms with Crippen molar-refractivity contribution in [3.05, 3.63) is 0 Å². The van der Waals surface area contributed by atoms with Gasteiger partial charge in [-0.15, -0.1) is 0 Å². The van der Waals surface area contributed by atoms with Crippen molar-refractivity contribution in [3.63, 3.8) is 0 Å². The zero-order valence-corrected chi connectivity index (χ0v) is 16.8. The van der Waals surface area contributed by atoms with E-state index in [4.69, 9.17) is 5.11 Å². The van der Waals surface area contributed by atoms with Crippen LogP contribution in [0.25, 0.3) is 0 Å². The van der Waals surface area contributed by atoms with E-state index >= 15 is 0 Å². The van der Waals surface area contributed by atoms with Crippen molar-refractivity contribution in [1.82, 2.24) is 16.0 Å². The van der Waals surface area contributed by atoms with Gasteiger partial charge in [-0.25, -0.2) is 8.42 Å². The molecule has 1 aliphatic heterocycles. The Morgan fingerprint density at radius 2 is 2.04 bits per heavy atom. The van der Waals surface area contributed by atoms with Crippen LogP contribution in [-0.4, -0.2) is 69.2 Å². The molecule has 1 saturated heterocycles. The summed E-state index contributed by atoms with van der Waals surface area (Å²) in [4.78, 5) is 16.5. The molecule has 4 N–H and O–H groups in total. The molecule has 0 saturated carbocycles. The average molecular weight is 391 g/mol. The summed E-state index contributed by atoms with van der Waals surface area (Å²) >= 11 is 0. The number of rotatable bonds is 11. The Bertz CT molecular complexity index is 545. The van der Waals surface area contributed by atoms with Crippen molar-refractivity contribution in [2.45, 2.75) is 52.0 Å². The number of carbonyl (C=O) groups is 1. The van der Waals surface area contributed by atoms with E-state index in [0.717, 1.165) is 25.8 Å². The van der Waals surface area contributed by atoms with Crippen LogP contribution in [0.5, 0.6) is 0 Å². The van der Waals surface area contributed by atoms with Gasteiger partial charge in [0.2, 0.25) is 5.91 Å². The molecule has 1 amide bonds. The zero-order valence-electron chi connectivity index (χ0n) is 16.0. The molecule has 2 atom stereocenters. The van der Waals surface area contributed by atoms with Crippen LogP contribution in [0.1, 0.15) is 46.0 Å². The lowest BCUT2D eigenvalue weighted by molar-refractivity contribution is -0.121. The summed E-state index contributed by atoms with van der Waals surface area (Å²) in [6.45, 7) is 6.04. The van der Waals surface area contributed by atoms with Gasteiger partial charge in [-0.3, -0.25) is 9.79 Å². The molecule has 0 aromatic carbocycles. The Morgan fingerprint density at radius 3 is 2.62 bits per heavy atom. The lowest BCUT2D eigenvalue weighted by Crippen LogP contribution is -2.41. The highest BCUT2D eigenvalue weighted by molar-refractivity contribution is 7.91. The molecule has 0 radical (unpaired) electrons. The fourth-order valence-corrected chi connectivity index (χ4v) is 4.66. The molecule has 1 aliphatic rings. The molecule has 0 spiro atoms. The molecule has 1 heterocycles. The van der Waals surface area contributed by atoms with Gasteiger partial charge in [0.25, 0.3) is 0 Å². The summed E-state index contributed by atoms with van der Waals surface area (Å²) in [5, 5.41) is 18.2. The lowest BCUT2D eigenvalue weighted by atomic mass is 10.0. The van der Waals surface area contributed by atoms with Crippen LogP contribution in [0.3, 0.4) is 0 Å². The van der Waals surface area contributed by atoms with Gasteiger partial charge in [0.05, 0.1) is 11.5 Å². The maximum Gasteiger partial charge on any atom is 0.222 e. The van der Waals surface area contributed by atoms with Crippen molar-refractivity contribution in [2.24, 2.45) is 10.9 Å². The standard InChI is InChI=1S/C17H34N4O4S/c1-3-5-14(7-10-22)12-20-17(18-4-2)19-9-6-16(23)21-15-8-11-26(24,25)13-15/h14-15,22H,3-13H2,1-2H3,(H,21,23)(H2,18,19,20). The third-order valence-corrected chi connectivity index (χ3v) is 6.10. The smallest absolute Gasteiger partial charge is 0.222 e. The summed E-state index contributed by atoms with van der Waals surface area (Å²) in [6.07, 6.45) is 3.58. The second-order valence-corrected chi connectivity index (χ2v) is 8.96. The minimum absolute atomic E-state index is 0.0416. The number of aliphatic imine (C=N–C) groups is 1. The van der Waals surface area contributed by atoms with Crippen LogP contribution in [0.15, 0.2) is 4.99 Å². The summed E-state index contributed by atoms with van der Waals surface area (Å²) in [7, 11) is -2.98. The van der Waals surface area contributed by atoms with Crippen LogP contribution in [0.2, 0.25) is 0 Å². The van der Waals surface area contributed by atoms with Gasteiger partial charge in [-0.2, -0.15) is 0 Å². The minimum atomic E-state index is -2.98. The normalized spacial score (nSPS) is 20.6. The fraction of sp³-hybridized carbons (Fsp3) is 0.882. The number of carbonyl (C=O) groups excluding carboxylic acids is 1. The number of aliphatic hydroxyl groups excluding tert-OH is 1. The predicted molar refractivity (Wildman–Crippen MR) is 104 cm³/mol. The topological polar surface area (TPSA) is 120 Å². The van der Waals surface area contributed by atoms with Crippen LogP contribution in [0, 0.1) is 5.92 Å². The second-order valence-electron chi connectivity index (χ2n) is 6.73. The van der Waals surface area contributed by atoms with Crippen LogP contribution >= 0.6 is 0 Å². The first-order valence-corrected chi connectivity index (χ1v) is 11.3. The molecule has 0 bridgehead atoms. The van der Waals surface area contributed by atoms with Crippen molar-refractivity contribution < 1.29 is 18.3 Å². The Morgan fingerprint density at radius 1 is 1.27 bits per heavy atom. The van der Waals surface area contributed by atoms with Gasteiger partial charge < -0.3 is 21.1 Å². The number of hydrogen-bond acceptors (Lipinski definition) is 5. The third-order valence-electron chi connectivity index (χ3n) is 4.33. The van der Waals surface area contributed by atoms with E-state index in [-0.39, 0.29) is 36.5 Å². The van der Waals surface area contributed by atoms with E-state index in [1.807, 2.05) is 6.92 Å². The molecule has 152 valence electrons. The Balaban J connectivity index is 2.37. The van der Waals surface area contributed by atoms with Crippen molar-refractivity contribution in [1.29, 1.82) is 0 Å². The molecule has 1 rings (SSSR count). The second kappa shape index (κ2) is 12.1. The van der Waals surface area contributed by atoms with E-state index in [1.54, 1.807) is 0 Å². The quantitative estimate of drug-likeness (QED) is 0.292. The first-order valence-electron chi connectivity index (χ1n) is 9.53. The lowest BCUT2D eigenvalue weighted by Gasteiger charge is -2.15. The highest BCUT2D eigenvalue weighted by Gasteiger charge is 2.28. The number of amides is 1. The van der Waals surface area contributed by atoms with E-state index in [0.29, 0.717) is 31.4 Å². The van der Waals surface area contributed by atoms with Gasteiger partial charge >= 0.3 is 0 Å². The molecule has 0 aromatic heterocycles. The van der Waals surface area contributed by atoms with Crippen molar-refractivity contribution in [3.8, 4) is 0 Å². The van der Waals surface area contributed by atoms with Crippen molar-refractivity contribution in [2.75, 3.05) is 37.7 Å². The largest absolute Gasteiger partial charge is 0.396 e. The Labute approximate surface area is 157 Å². The van der Waals surface area contributed by atoms with E-state index in [9.17, 15) is 13.2 Å². The minimum Gasteiger partial charge on any atom is -0.396 e. The van der Waals surface area contributed by atoms with E-state index in [2.05, 4.69) is 27.9 Å². The molecule has 8 nitrogen and oxygen atoms in total. The fourth-order valence-electron chi connectivity index (χ4n) is 2.98. The van der Waals surface area contributed by atoms with Gasteiger partial charge in [-0.1, -0.05) is 13.3 Å². The van der Waals surface area contributed by atoms with Gasteiger partial charge in [-0.05, 0) is 32.1 Å². The van der Waals surface area contributed by atoms with Gasteiger partial charge in [0.1, 0.15) is 0 Å². The van der Waals surface area contributed by atoms with E-state index < -0.39 is 9.84 Å². The van der Waals surface area contributed by atoms with Gasteiger partial charge in [0.15, 0.2) is 15.8 Å². The number of nitrogens with one attached hydrogen (secondary N) is 3. The summed E-state index contributed by atoms with van der Waals surface area (Å²) in [6, 6.07) is -0.261. The van der Waals surface area contributed by atoms with Crippen LogP contribution < -0.4 is 16.0 Å². The molecule has 0 aliphatic carbocycles. The number of guanidine groups is 1. The maximum atomic E-state index is 12.0. The number of nitrogens with zero attached hydrogens (tertiary/aromatic N) is 1. The SMILES string of the molecule is CCCC(CCO)CN=C(NCC)NCCC(=O)NC1CCS(=O)(=O)C1. The molecule has 26 heavy (non-hydrogen) atoms. The molecular weight excluding hydrogens is 356 g/mol. The Hall–Kier alpha value is -1.35. The monoisotopic (exact) mass is 390 g/mol. The van der Waals surface area contributed by atoms with Crippen LogP contribution in [0.4, 0.5) is 0 Å². The molecule has 2 unspecified atom stereocenters. The number of aliphatic hydroxyl groups is 1. The van der Waals surface area contributed by atoms with Gasteiger partial charge in [0, 0.05) is 38.7 Å². The first-order chi connectivity index (χ1) is 12.4. The molecule has 9 heteroatoms. The van der Waals surface area contributed by atoms with E-state index in [1.165, 1.54) is 0 Å². The number of hydrogen-bond donors (Lipinski definition) is 4. The maximum absolute atomic E-state index is 12.0. The van der Waals surface area contributed by atoms with Crippen LogP contribution in [-0.2, 0) is 14.6 Å². The first kappa shape index (κ1) is 22.7. The molecule has 1 fully saturated rings. The average Bonchev–Trinajstić information content (AvgIpc) is 2.91. The predicted octanol–water partition coefficient (Wildman–Crippen LogP) is 0.0336. The zero-order chi connectivity index (χ0) is 19.4. The molecule has 0 aromatic rings. The summed E-state index contributed by atoms with van der Waals surface area (Å²) in [5.41, 5.74) is 0. The number of sulfone groups is 1. The highest BCUT2D eigenvalue weighted by Crippen LogP contribution is 2.12. The molecular formula is C17H34N4O4S. The van der Waals surface area contributed by atoms with Crippen molar-refractivity contribution >= 4 is 21.7 Å². The Kier molecular flexibility index (Phi) is 10.6. The third kappa shape index (κ3) is 9.38.